The Bertz CT molecular complexity index is 462. The van der Waals surface area contributed by atoms with Crippen LogP contribution < -0.4 is 5.32 Å². The highest BCUT2D eigenvalue weighted by atomic mass is 35.5. The zero-order valence-electron chi connectivity index (χ0n) is 10.6. The molecular weight excluding hydrogens is 268 g/mol. The van der Waals surface area contributed by atoms with E-state index >= 15 is 0 Å². The van der Waals surface area contributed by atoms with Gasteiger partial charge in [-0.1, -0.05) is 0 Å². The standard InChI is InChI=1S/C13H17ClN2O3/c14-12-4-3-11(19-12)13(17)15-6-10-7-16-5-1-2-9(16)8-18-10/h3-4,9-10H,1-2,5-8H2,(H,15,17). The van der Waals surface area contributed by atoms with Crippen molar-refractivity contribution in [3.63, 3.8) is 0 Å². The molecule has 0 radical (unpaired) electrons. The van der Waals surface area contributed by atoms with Crippen molar-refractivity contribution in [3.05, 3.63) is 23.1 Å². The number of morpholine rings is 1. The summed E-state index contributed by atoms with van der Waals surface area (Å²) >= 11 is 5.64. The summed E-state index contributed by atoms with van der Waals surface area (Å²) in [5.41, 5.74) is 0. The molecule has 0 spiro atoms. The zero-order chi connectivity index (χ0) is 13.2. The van der Waals surface area contributed by atoms with Crippen molar-refractivity contribution in [1.82, 2.24) is 10.2 Å². The van der Waals surface area contributed by atoms with E-state index in [1.165, 1.54) is 12.8 Å². The molecule has 2 saturated heterocycles. The van der Waals surface area contributed by atoms with Crippen LogP contribution in [-0.2, 0) is 4.74 Å². The van der Waals surface area contributed by atoms with E-state index in [1.807, 2.05) is 0 Å². The third-order valence-electron chi connectivity index (χ3n) is 3.75. The Kier molecular flexibility index (Phi) is 3.77. The van der Waals surface area contributed by atoms with Crippen LogP contribution in [-0.4, -0.2) is 49.2 Å². The number of ether oxygens (including phenoxy) is 1. The number of hydrogen-bond donors (Lipinski definition) is 1. The Labute approximate surface area is 116 Å². The van der Waals surface area contributed by atoms with Gasteiger partial charge in [-0.3, -0.25) is 9.69 Å². The first-order valence-electron chi connectivity index (χ1n) is 6.61. The van der Waals surface area contributed by atoms with Gasteiger partial charge in [-0.25, -0.2) is 0 Å². The Morgan fingerprint density at radius 3 is 3.21 bits per heavy atom. The van der Waals surface area contributed by atoms with Crippen LogP contribution in [0.15, 0.2) is 16.5 Å². The van der Waals surface area contributed by atoms with E-state index in [-0.39, 0.29) is 23.0 Å². The lowest BCUT2D eigenvalue weighted by atomic mass is 10.2. The van der Waals surface area contributed by atoms with E-state index in [4.69, 9.17) is 20.8 Å². The van der Waals surface area contributed by atoms with Crippen LogP contribution >= 0.6 is 11.6 Å². The van der Waals surface area contributed by atoms with Gasteiger partial charge in [-0.2, -0.15) is 0 Å². The van der Waals surface area contributed by atoms with E-state index < -0.39 is 0 Å². The minimum atomic E-state index is -0.251. The number of nitrogens with zero attached hydrogens (tertiary/aromatic N) is 1. The molecule has 2 aliphatic heterocycles. The summed E-state index contributed by atoms with van der Waals surface area (Å²) in [6.07, 6.45) is 2.53. The number of amides is 1. The maximum absolute atomic E-state index is 11.8. The second-order valence-electron chi connectivity index (χ2n) is 5.06. The quantitative estimate of drug-likeness (QED) is 0.914. The SMILES string of the molecule is O=C(NCC1CN2CCCC2CO1)c1ccc(Cl)o1. The molecule has 1 aromatic rings. The van der Waals surface area contributed by atoms with Gasteiger partial charge in [0.25, 0.3) is 5.91 Å². The summed E-state index contributed by atoms with van der Waals surface area (Å²) in [6.45, 7) is 3.31. The smallest absolute Gasteiger partial charge is 0.287 e. The van der Waals surface area contributed by atoms with Gasteiger partial charge in [-0.05, 0) is 43.1 Å². The molecule has 104 valence electrons. The van der Waals surface area contributed by atoms with Gasteiger partial charge >= 0.3 is 0 Å². The van der Waals surface area contributed by atoms with Crippen LogP contribution in [0.25, 0.3) is 0 Å². The molecule has 0 aromatic carbocycles. The Hall–Kier alpha value is -1.04. The number of carbonyl (C=O) groups excluding carboxylic acids is 1. The molecule has 6 heteroatoms. The Morgan fingerprint density at radius 2 is 2.42 bits per heavy atom. The number of fused-ring (bicyclic) bond motifs is 1. The first-order chi connectivity index (χ1) is 9.22. The van der Waals surface area contributed by atoms with Crippen molar-refractivity contribution in [2.45, 2.75) is 25.0 Å². The van der Waals surface area contributed by atoms with Gasteiger partial charge < -0.3 is 14.5 Å². The number of nitrogens with one attached hydrogen (secondary N) is 1. The molecule has 1 N–H and O–H groups in total. The highest BCUT2D eigenvalue weighted by Gasteiger charge is 2.32. The van der Waals surface area contributed by atoms with Crippen LogP contribution in [0, 0.1) is 0 Å². The first-order valence-corrected chi connectivity index (χ1v) is 6.99. The van der Waals surface area contributed by atoms with Crippen molar-refractivity contribution < 1.29 is 13.9 Å². The minimum Gasteiger partial charge on any atom is -0.440 e. The normalized spacial score (nSPS) is 27.2. The summed E-state index contributed by atoms with van der Waals surface area (Å²) in [5, 5.41) is 3.04. The summed E-state index contributed by atoms with van der Waals surface area (Å²) < 4.78 is 10.8. The molecule has 5 nitrogen and oxygen atoms in total. The maximum Gasteiger partial charge on any atom is 0.287 e. The summed E-state index contributed by atoms with van der Waals surface area (Å²) in [6, 6.07) is 3.70. The van der Waals surface area contributed by atoms with Gasteiger partial charge in [0.15, 0.2) is 11.0 Å². The molecule has 0 saturated carbocycles. The Morgan fingerprint density at radius 1 is 1.53 bits per heavy atom. The van der Waals surface area contributed by atoms with E-state index in [0.717, 1.165) is 19.7 Å². The molecule has 1 aromatic heterocycles. The molecule has 3 heterocycles. The van der Waals surface area contributed by atoms with E-state index in [0.29, 0.717) is 12.6 Å². The largest absolute Gasteiger partial charge is 0.440 e. The van der Waals surface area contributed by atoms with E-state index in [1.54, 1.807) is 12.1 Å². The predicted molar refractivity (Wildman–Crippen MR) is 70.4 cm³/mol. The van der Waals surface area contributed by atoms with Gasteiger partial charge in [0.05, 0.1) is 12.7 Å². The molecule has 19 heavy (non-hydrogen) atoms. The zero-order valence-corrected chi connectivity index (χ0v) is 11.4. The van der Waals surface area contributed by atoms with Crippen molar-refractivity contribution >= 4 is 17.5 Å². The fraction of sp³-hybridized carbons (Fsp3) is 0.615. The molecule has 3 rings (SSSR count). The summed E-state index contributed by atoms with van der Waals surface area (Å²) in [5.74, 6) is -0.0149. The van der Waals surface area contributed by atoms with Crippen LogP contribution in [0.5, 0.6) is 0 Å². The Balaban J connectivity index is 1.48. The van der Waals surface area contributed by atoms with Gasteiger partial charge in [-0.15, -0.1) is 0 Å². The summed E-state index contributed by atoms with van der Waals surface area (Å²) in [7, 11) is 0. The molecular formula is C13H17ClN2O3. The first kappa shape index (κ1) is 13.0. The number of furan rings is 1. The number of halogens is 1. The molecule has 2 fully saturated rings. The van der Waals surface area contributed by atoms with Crippen LogP contribution in [0.2, 0.25) is 5.22 Å². The van der Waals surface area contributed by atoms with Gasteiger partial charge in [0.1, 0.15) is 0 Å². The monoisotopic (exact) mass is 284 g/mol. The highest BCUT2D eigenvalue weighted by Crippen LogP contribution is 2.22. The molecule has 2 aliphatic rings. The fourth-order valence-electron chi connectivity index (χ4n) is 2.74. The average molecular weight is 285 g/mol. The van der Waals surface area contributed by atoms with Crippen LogP contribution in [0.1, 0.15) is 23.4 Å². The second kappa shape index (κ2) is 5.53. The molecule has 2 unspecified atom stereocenters. The van der Waals surface area contributed by atoms with Gasteiger partial charge in [0.2, 0.25) is 0 Å². The number of rotatable bonds is 3. The highest BCUT2D eigenvalue weighted by molar-refractivity contribution is 6.29. The lowest BCUT2D eigenvalue weighted by Gasteiger charge is -2.35. The van der Waals surface area contributed by atoms with Crippen molar-refractivity contribution in [3.8, 4) is 0 Å². The molecule has 2 atom stereocenters. The van der Waals surface area contributed by atoms with Crippen molar-refractivity contribution in [2.24, 2.45) is 0 Å². The third kappa shape index (κ3) is 2.94. The average Bonchev–Trinajstić information content (AvgIpc) is 3.03. The third-order valence-corrected chi connectivity index (χ3v) is 3.95. The van der Waals surface area contributed by atoms with E-state index in [2.05, 4.69) is 10.2 Å². The summed E-state index contributed by atoms with van der Waals surface area (Å²) in [4.78, 5) is 14.2. The lowest BCUT2D eigenvalue weighted by molar-refractivity contribution is -0.0462. The second-order valence-corrected chi connectivity index (χ2v) is 5.43. The maximum atomic E-state index is 11.8. The van der Waals surface area contributed by atoms with Crippen LogP contribution in [0.4, 0.5) is 0 Å². The van der Waals surface area contributed by atoms with Crippen molar-refractivity contribution in [1.29, 1.82) is 0 Å². The number of carbonyl (C=O) groups is 1. The number of hydrogen-bond acceptors (Lipinski definition) is 4. The lowest BCUT2D eigenvalue weighted by Crippen LogP contribution is -2.50. The molecule has 0 bridgehead atoms. The van der Waals surface area contributed by atoms with Crippen LogP contribution in [0.3, 0.4) is 0 Å². The van der Waals surface area contributed by atoms with E-state index in [9.17, 15) is 4.79 Å². The van der Waals surface area contributed by atoms with Gasteiger partial charge in [0, 0.05) is 19.1 Å². The molecule has 1 amide bonds. The van der Waals surface area contributed by atoms with Crippen molar-refractivity contribution in [2.75, 3.05) is 26.2 Å². The minimum absolute atomic E-state index is 0.0590. The topological polar surface area (TPSA) is 54.7 Å². The fourth-order valence-corrected chi connectivity index (χ4v) is 2.89. The molecule has 0 aliphatic carbocycles. The predicted octanol–water partition coefficient (Wildman–Crippen LogP) is 1.53.